The van der Waals surface area contributed by atoms with Gasteiger partial charge in [0.1, 0.15) is 0 Å². The lowest BCUT2D eigenvalue weighted by Gasteiger charge is -2.22. The summed E-state index contributed by atoms with van der Waals surface area (Å²) in [5, 5.41) is 4.23. The maximum Gasteiger partial charge on any atom is 0.346 e. The number of carbonyl (C=O) groups excluding carboxylic acids is 2. The van der Waals surface area contributed by atoms with E-state index in [2.05, 4.69) is 5.32 Å². The van der Waals surface area contributed by atoms with Gasteiger partial charge in [0.15, 0.2) is 5.57 Å². The Labute approximate surface area is 168 Å². The number of hydrogen-bond donors (Lipinski definition) is 1. The van der Waals surface area contributed by atoms with Crippen LogP contribution in [0.1, 0.15) is 20.8 Å². The van der Waals surface area contributed by atoms with Crippen molar-refractivity contribution in [2.24, 2.45) is 0 Å². The minimum Gasteiger partial charge on any atom is -0.462 e. The number of benzene rings is 1. The Kier molecular flexibility index (Phi) is 8.06. The summed E-state index contributed by atoms with van der Waals surface area (Å²) in [5.74, 6) is -1.35. The van der Waals surface area contributed by atoms with Crippen molar-refractivity contribution in [3.05, 3.63) is 62.4 Å². The molecule has 0 atom stereocenters. The van der Waals surface area contributed by atoms with Crippen LogP contribution in [0, 0.1) is 0 Å². The van der Waals surface area contributed by atoms with E-state index < -0.39 is 11.9 Å². The van der Waals surface area contributed by atoms with Gasteiger partial charge in [0.05, 0.1) is 18.2 Å². The van der Waals surface area contributed by atoms with Crippen LogP contribution in [0.5, 0.6) is 0 Å². The molecule has 0 saturated heterocycles. The standard InChI is InChI=1S/C20H23NO4S2/c1-5-24-19(22)17(20(23)25-6-2)15-12-16(26-4)27-18(13(15)3)21-14-10-8-7-9-11-14/h7-12,21H,5-6H2,1-4H3. The summed E-state index contributed by atoms with van der Waals surface area (Å²) < 4.78 is 11.2. The van der Waals surface area contributed by atoms with Crippen molar-refractivity contribution in [1.82, 2.24) is 0 Å². The van der Waals surface area contributed by atoms with Gasteiger partial charge in [-0.05, 0) is 50.8 Å². The Morgan fingerprint density at radius 2 is 1.67 bits per heavy atom. The first-order chi connectivity index (χ1) is 13.0. The van der Waals surface area contributed by atoms with Crippen LogP contribution < -0.4 is 5.32 Å². The first-order valence-electron chi connectivity index (χ1n) is 8.57. The molecule has 0 unspecified atom stereocenters. The molecule has 0 aromatic heterocycles. The SMILES string of the molecule is CCOC(=O)C(C(=O)OCC)=C1C=C(SC)SC(Nc2ccccc2)=C1C. The molecule has 144 valence electrons. The molecule has 1 heterocycles. The fourth-order valence-electron chi connectivity index (χ4n) is 2.40. The zero-order valence-corrected chi connectivity index (χ0v) is 17.5. The highest BCUT2D eigenvalue weighted by molar-refractivity contribution is 8.23. The third kappa shape index (κ3) is 5.43. The molecule has 0 spiro atoms. The quantitative estimate of drug-likeness (QED) is 0.305. The highest BCUT2D eigenvalue weighted by atomic mass is 32.2. The van der Waals surface area contributed by atoms with E-state index in [0.717, 1.165) is 20.5 Å². The molecule has 0 saturated carbocycles. The van der Waals surface area contributed by atoms with Crippen molar-refractivity contribution in [2.75, 3.05) is 24.8 Å². The molecule has 1 aliphatic heterocycles. The van der Waals surface area contributed by atoms with E-state index in [-0.39, 0.29) is 18.8 Å². The van der Waals surface area contributed by atoms with Crippen LogP contribution in [-0.2, 0) is 19.1 Å². The molecule has 1 aromatic rings. The predicted octanol–water partition coefficient (Wildman–Crippen LogP) is 4.70. The molecule has 0 bridgehead atoms. The number of esters is 2. The molecule has 0 fully saturated rings. The van der Waals surface area contributed by atoms with Crippen molar-refractivity contribution >= 4 is 41.1 Å². The molecule has 1 aromatic carbocycles. The molecule has 27 heavy (non-hydrogen) atoms. The van der Waals surface area contributed by atoms with Crippen molar-refractivity contribution < 1.29 is 19.1 Å². The minimum absolute atomic E-state index is 0.0737. The predicted molar refractivity (Wildman–Crippen MR) is 112 cm³/mol. The summed E-state index contributed by atoms with van der Waals surface area (Å²) >= 11 is 3.10. The Morgan fingerprint density at radius 1 is 1.07 bits per heavy atom. The fourth-order valence-corrected chi connectivity index (χ4v) is 4.03. The van der Waals surface area contributed by atoms with Crippen LogP contribution in [0.3, 0.4) is 0 Å². The van der Waals surface area contributed by atoms with Crippen molar-refractivity contribution in [3.8, 4) is 0 Å². The summed E-state index contributed by atoms with van der Waals surface area (Å²) in [6.45, 7) is 5.65. The van der Waals surface area contributed by atoms with E-state index in [1.165, 1.54) is 0 Å². The molecule has 5 nitrogen and oxygen atoms in total. The van der Waals surface area contributed by atoms with Gasteiger partial charge in [-0.15, -0.1) is 11.8 Å². The lowest BCUT2D eigenvalue weighted by Crippen LogP contribution is -2.21. The van der Waals surface area contributed by atoms with E-state index in [9.17, 15) is 9.59 Å². The van der Waals surface area contributed by atoms with Gasteiger partial charge in [-0.1, -0.05) is 30.0 Å². The number of para-hydroxylation sites is 1. The number of hydrogen-bond acceptors (Lipinski definition) is 7. The average Bonchev–Trinajstić information content (AvgIpc) is 2.66. The topological polar surface area (TPSA) is 64.6 Å². The van der Waals surface area contributed by atoms with Gasteiger partial charge >= 0.3 is 11.9 Å². The number of nitrogens with one attached hydrogen (secondary N) is 1. The second-order valence-corrected chi connectivity index (χ2v) is 7.60. The first kappa shape index (κ1) is 21.2. The number of ether oxygens (including phenoxy) is 2. The molecule has 0 radical (unpaired) electrons. The van der Waals surface area contributed by atoms with Crippen molar-refractivity contribution in [1.29, 1.82) is 0 Å². The summed E-state index contributed by atoms with van der Waals surface area (Å²) in [6.07, 6.45) is 3.79. The van der Waals surface area contributed by atoms with Gasteiger partial charge in [-0.2, -0.15) is 0 Å². The third-order valence-corrected chi connectivity index (χ3v) is 5.87. The molecule has 0 aliphatic carbocycles. The van der Waals surface area contributed by atoms with Gasteiger partial charge in [0, 0.05) is 15.5 Å². The van der Waals surface area contributed by atoms with Gasteiger partial charge in [0.25, 0.3) is 0 Å². The van der Waals surface area contributed by atoms with Crippen LogP contribution in [0.25, 0.3) is 0 Å². The summed E-state index contributed by atoms with van der Waals surface area (Å²) in [4.78, 5) is 25.0. The Balaban J connectivity index is 2.56. The molecule has 7 heteroatoms. The zero-order valence-electron chi connectivity index (χ0n) is 15.8. The van der Waals surface area contributed by atoms with E-state index in [4.69, 9.17) is 9.47 Å². The molecule has 2 rings (SSSR count). The zero-order chi connectivity index (χ0) is 19.8. The number of carbonyl (C=O) groups is 2. The van der Waals surface area contributed by atoms with Crippen molar-refractivity contribution in [3.63, 3.8) is 0 Å². The van der Waals surface area contributed by atoms with Crippen LogP contribution in [0.2, 0.25) is 0 Å². The molecule has 0 amide bonds. The molecular formula is C20H23NO4S2. The van der Waals surface area contributed by atoms with Crippen LogP contribution in [0.15, 0.2) is 62.4 Å². The maximum atomic E-state index is 12.5. The largest absolute Gasteiger partial charge is 0.462 e. The fraction of sp³-hybridized carbons (Fsp3) is 0.300. The smallest absolute Gasteiger partial charge is 0.346 e. The second kappa shape index (κ2) is 10.3. The lowest BCUT2D eigenvalue weighted by molar-refractivity contribution is -0.146. The van der Waals surface area contributed by atoms with Gasteiger partial charge in [0.2, 0.25) is 0 Å². The van der Waals surface area contributed by atoms with Crippen LogP contribution in [0.4, 0.5) is 5.69 Å². The molecule has 1 N–H and O–H groups in total. The van der Waals surface area contributed by atoms with E-state index in [1.807, 2.05) is 49.6 Å². The highest BCUT2D eigenvalue weighted by Crippen LogP contribution is 2.43. The first-order valence-corrected chi connectivity index (χ1v) is 10.6. The molecule has 1 aliphatic rings. The number of rotatable bonds is 7. The van der Waals surface area contributed by atoms with Crippen LogP contribution in [-0.4, -0.2) is 31.4 Å². The van der Waals surface area contributed by atoms with Gasteiger partial charge in [-0.3, -0.25) is 0 Å². The minimum atomic E-state index is -0.673. The number of thioether (sulfide) groups is 2. The van der Waals surface area contributed by atoms with Gasteiger partial charge in [-0.25, -0.2) is 9.59 Å². The van der Waals surface area contributed by atoms with Gasteiger partial charge < -0.3 is 14.8 Å². The summed E-state index contributed by atoms with van der Waals surface area (Å²) in [6, 6.07) is 9.74. The number of allylic oxidation sites excluding steroid dienone is 3. The molecular weight excluding hydrogens is 382 g/mol. The lowest BCUT2D eigenvalue weighted by atomic mass is 10.0. The Hall–Kier alpha value is -2.12. The maximum absolute atomic E-state index is 12.5. The Morgan fingerprint density at radius 3 is 2.19 bits per heavy atom. The highest BCUT2D eigenvalue weighted by Gasteiger charge is 2.29. The summed E-state index contributed by atoms with van der Waals surface area (Å²) in [5.41, 5.74) is 2.16. The third-order valence-electron chi connectivity index (χ3n) is 3.67. The van der Waals surface area contributed by atoms with E-state index in [0.29, 0.717) is 5.57 Å². The van der Waals surface area contributed by atoms with E-state index >= 15 is 0 Å². The summed E-state index contributed by atoms with van der Waals surface area (Å²) in [7, 11) is 0. The van der Waals surface area contributed by atoms with E-state index in [1.54, 1.807) is 37.4 Å². The number of anilines is 1. The second-order valence-electron chi connectivity index (χ2n) is 5.44. The van der Waals surface area contributed by atoms with Crippen molar-refractivity contribution in [2.45, 2.75) is 20.8 Å². The average molecular weight is 406 g/mol. The Bertz CT molecular complexity index is 777. The van der Waals surface area contributed by atoms with Crippen LogP contribution >= 0.6 is 23.5 Å². The monoisotopic (exact) mass is 405 g/mol. The normalized spacial score (nSPS) is 13.8.